The zero-order valence-electron chi connectivity index (χ0n) is 16.3. The van der Waals surface area contributed by atoms with E-state index in [1.54, 1.807) is 0 Å². The molecule has 1 aliphatic heterocycles. The van der Waals surface area contributed by atoms with E-state index >= 15 is 0 Å². The number of carboxylic acids is 1. The monoisotopic (exact) mass is 444 g/mol. The number of nitrogens with one attached hydrogen (secondary N) is 1. The fourth-order valence-corrected chi connectivity index (χ4v) is 3.82. The average molecular weight is 445 g/mol. The number of halogens is 1. The first-order chi connectivity index (χ1) is 13.9. The normalized spacial score (nSPS) is 17.6. The van der Waals surface area contributed by atoms with Crippen molar-refractivity contribution in [3.05, 3.63) is 46.5 Å². The summed E-state index contributed by atoms with van der Waals surface area (Å²) in [5.74, 6) is -0.779. The third kappa shape index (κ3) is 9.69. The third-order valence-corrected chi connectivity index (χ3v) is 5.51. The molecule has 1 aromatic rings. The number of likely N-dealkylation sites (tertiary alicyclic amines) is 1. The van der Waals surface area contributed by atoms with Gasteiger partial charge in [0.05, 0.1) is 7.11 Å². The molecular formula is C19H25ClN2O6S. The number of benzene rings is 1. The van der Waals surface area contributed by atoms with Crippen LogP contribution in [0.5, 0.6) is 0 Å². The van der Waals surface area contributed by atoms with Gasteiger partial charge in [-0.3, -0.25) is 9.69 Å². The number of ether oxygens (including phenoxy) is 2. The van der Waals surface area contributed by atoms with Crippen molar-refractivity contribution in [3.63, 3.8) is 0 Å². The Morgan fingerprint density at radius 3 is 2.69 bits per heavy atom. The highest BCUT2D eigenvalue weighted by molar-refractivity contribution is 7.99. The first kappa shape index (κ1) is 24.8. The number of nitrogens with zero attached hydrogens (tertiary/aromatic N) is 1. The Hall–Kier alpha value is -2.23. The number of carbonyl (C=O) groups is 3. The van der Waals surface area contributed by atoms with Crippen molar-refractivity contribution in [3.8, 4) is 0 Å². The van der Waals surface area contributed by atoms with Gasteiger partial charge in [-0.1, -0.05) is 29.8 Å². The lowest BCUT2D eigenvalue weighted by atomic mass is 10.0. The lowest BCUT2D eigenvalue weighted by Crippen LogP contribution is -2.37. The van der Waals surface area contributed by atoms with Gasteiger partial charge in [0.25, 0.3) is 6.47 Å². The molecule has 0 aliphatic carbocycles. The number of methoxy groups -OCH3 is 1. The van der Waals surface area contributed by atoms with E-state index in [1.807, 2.05) is 24.3 Å². The summed E-state index contributed by atoms with van der Waals surface area (Å²) >= 11 is 7.65. The Balaban J connectivity index is 0.000000960. The molecule has 8 nitrogen and oxygen atoms in total. The molecule has 1 saturated heterocycles. The van der Waals surface area contributed by atoms with Crippen LogP contribution in [0.3, 0.4) is 0 Å². The smallest absolute Gasteiger partial charge is 0.407 e. The second-order valence-corrected chi connectivity index (χ2v) is 7.48. The standard InChI is InChI=1S/C17H21ClN2O4S.C2H4O2/c1-19-17(23)24-11-25-15-6-7-20(10-13(15)8-16(21)22)9-12-4-2-3-5-14(12)18;1-4-2-3/h2-5,8,15H,6-7,9-11H2,1H3,(H,19,23)(H,21,22);2H,1H3/b13-8+;. The van der Waals surface area contributed by atoms with Gasteiger partial charge in [-0.15, -0.1) is 11.8 Å². The molecule has 0 radical (unpaired) electrons. The van der Waals surface area contributed by atoms with Gasteiger partial charge in [-0.2, -0.15) is 0 Å². The van der Waals surface area contributed by atoms with E-state index in [9.17, 15) is 9.59 Å². The van der Waals surface area contributed by atoms with Gasteiger partial charge in [-0.05, 0) is 23.6 Å². The number of hydrogen-bond donors (Lipinski definition) is 2. The van der Waals surface area contributed by atoms with Gasteiger partial charge < -0.3 is 19.9 Å². The van der Waals surface area contributed by atoms with Gasteiger partial charge in [0.2, 0.25) is 0 Å². The number of alkyl carbamates (subject to hydrolysis) is 1. The van der Waals surface area contributed by atoms with Gasteiger partial charge in [-0.25, -0.2) is 9.59 Å². The summed E-state index contributed by atoms with van der Waals surface area (Å²) in [6.07, 6.45) is 1.55. The molecule has 29 heavy (non-hydrogen) atoms. The van der Waals surface area contributed by atoms with Gasteiger partial charge >= 0.3 is 12.1 Å². The van der Waals surface area contributed by atoms with Crippen LogP contribution in [0.1, 0.15) is 12.0 Å². The quantitative estimate of drug-likeness (QED) is 0.375. The van der Waals surface area contributed by atoms with Crippen LogP contribution >= 0.6 is 23.4 Å². The SMILES string of the molecule is CNC(=O)OCSC1CCN(Cc2ccccc2Cl)C/C1=C\C(=O)O.COC=O. The van der Waals surface area contributed by atoms with Crippen LogP contribution in [-0.4, -0.2) is 67.0 Å². The minimum atomic E-state index is -0.965. The van der Waals surface area contributed by atoms with E-state index in [2.05, 4.69) is 15.0 Å². The number of hydrogen-bond acceptors (Lipinski definition) is 7. The van der Waals surface area contributed by atoms with Crippen LogP contribution in [0.4, 0.5) is 4.79 Å². The molecule has 1 fully saturated rings. The maximum Gasteiger partial charge on any atom is 0.407 e. The highest BCUT2D eigenvalue weighted by Crippen LogP contribution is 2.29. The number of amides is 1. The zero-order chi connectivity index (χ0) is 21.6. The number of rotatable bonds is 7. The molecule has 0 saturated carbocycles. The number of carbonyl (C=O) groups excluding carboxylic acids is 2. The van der Waals surface area contributed by atoms with Crippen LogP contribution in [0.2, 0.25) is 5.02 Å². The van der Waals surface area contributed by atoms with Gasteiger partial charge in [0.1, 0.15) is 5.94 Å². The van der Waals surface area contributed by atoms with Crippen molar-refractivity contribution in [2.75, 3.05) is 33.2 Å². The summed E-state index contributed by atoms with van der Waals surface area (Å²) in [5, 5.41) is 12.2. The van der Waals surface area contributed by atoms with E-state index in [-0.39, 0.29) is 11.2 Å². The molecule has 0 spiro atoms. The predicted molar refractivity (Wildman–Crippen MR) is 112 cm³/mol. The van der Waals surface area contributed by atoms with E-state index < -0.39 is 12.1 Å². The highest BCUT2D eigenvalue weighted by Gasteiger charge is 2.25. The van der Waals surface area contributed by atoms with Crippen LogP contribution < -0.4 is 5.32 Å². The van der Waals surface area contributed by atoms with Crippen molar-refractivity contribution in [1.29, 1.82) is 0 Å². The Kier molecular flexibility index (Phi) is 11.9. The molecule has 1 heterocycles. The summed E-state index contributed by atoms with van der Waals surface area (Å²) in [6, 6.07) is 7.65. The molecule has 1 aliphatic rings. The van der Waals surface area contributed by atoms with Crippen molar-refractivity contribution in [2.24, 2.45) is 0 Å². The van der Waals surface area contributed by atoms with Crippen molar-refractivity contribution in [2.45, 2.75) is 18.2 Å². The average Bonchev–Trinajstić information content (AvgIpc) is 2.71. The van der Waals surface area contributed by atoms with Crippen molar-refractivity contribution in [1.82, 2.24) is 10.2 Å². The van der Waals surface area contributed by atoms with Crippen molar-refractivity contribution < 1.29 is 29.0 Å². The van der Waals surface area contributed by atoms with E-state index in [4.69, 9.17) is 26.2 Å². The largest absolute Gasteiger partial charge is 0.478 e. The Labute approximate surface area is 179 Å². The van der Waals surface area contributed by atoms with E-state index in [0.29, 0.717) is 24.6 Å². The highest BCUT2D eigenvalue weighted by atomic mass is 35.5. The molecule has 2 N–H and O–H groups in total. The van der Waals surface area contributed by atoms with Gasteiger partial charge in [0.15, 0.2) is 0 Å². The molecule has 1 atom stereocenters. The molecule has 2 rings (SSSR count). The van der Waals surface area contributed by atoms with Crippen LogP contribution in [0.15, 0.2) is 35.9 Å². The van der Waals surface area contributed by atoms with Crippen LogP contribution in [0.25, 0.3) is 0 Å². The minimum Gasteiger partial charge on any atom is -0.478 e. The lowest BCUT2D eigenvalue weighted by Gasteiger charge is -2.34. The summed E-state index contributed by atoms with van der Waals surface area (Å²) < 4.78 is 8.85. The number of thioether (sulfide) groups is 1. The molecule has 10 heteroatoms. The first-order valence-electron chi connectivity index (χ1n) is 8.73. The molecule has 160 valence electrons. The molecule has 0 aromatic heterocycles. The van der Waals surface area contributed by atoms with Crippen LogP contribution in [-0.2, 0) is 25.6 Å². The predicted octanol–water partition coefficient (Wildman–Crippen LogP) is 2.76. The summed E-state index contributed by atoms with van der Waals surface area (Å²) in [7, 11) is 2.81. The lowest BCUT2D eigenvalue weighted by molar-refractivity contribution is -0.131. The second-order valence-electron chi connectivity index (χ2n) is 5.94. The maximum absolute atomic E-state index is 11.1. The number of piperidine rings is 1. The first-order valence-corrected chi connectivity index (χ1v) is 10.2. The third-order valence-electron chi connectivity index (χ3n) is 3.95. The number of aliphatic carboxylic acids is 1. The zero-order valence-corrected chi connectivity index (χ0v) is 17.9. The van der Waals surface area contributed by atoms with E-state index in [0.717, 1.165) is 24.1 Å². The summed E-state index contributed by atoms with van der Waals surface area (Å²) in [5.41, 5.74) is 1.84. The Bertz CT molecular complexity index is 716. The molecule has 0 bridgehead atoms. The molecule has 1 aromatic carbocycles. The Morgan fingerprint density at radius 2 is 2.10 bits per heavy atom. The summed E-state index contributed by atoms with van der Waals surface area (Å²) in [6.45, 7) is 2.41. The topological polar surface area (TPSA) is 105 Å². The molecule has 1 amide bonds. The van der Waals surface area contributed by atoms with Crippen LogP contribution in [0, 0.1) is 0 Å². The Morgan fingerprint density at radius 1 is 1.41 bits per heavy atom. The second kappa shape index (κ2) is 13.9. The van der Waals surface area contributed by atoms with E-state index in [1.165, 1.54) is 32.0 Å². The fraction of sp³-hybridized carbons (Fsp3) is 0.421. The fourth-order valence-electron chi connectivity index (χ4n) is 2.66. The van der Waals surface area contributed by atoms with Gasteiger partial charge in [0, 0.05) is 43.0 Å². The minimum absolute atomic E-state index is 0.0169. The van der Waals surface area contributed by atoms with Crippen molar-refractivity contribution >= 4 is 41.9 Å². The molecule has 1 unspecified atom stereocenters. The summed E-state index contributed by atoms with van der Waals surface area (Å²) in [4.78, 5) is 33.4. The maximum atomic E-state index is 11.1. The number of carboxylic acid groups (broad SMARTS) is 1. The molecular weight excluding hydrogens is 420 g/mol.